The number of nitrogens with zero attached hydrogens (tertiary/aromatic N) is 4. The summed E-state index contributed by atoms with van der Waals surface area (Å²) in [5.74, 6) is 1.94. The molecule has 2 aliphatic rings. The van der Waals surface area contributed by atoms with Crippen LogP contribution in [-0.2, 0) is 9.53 Å². The molecule has 0 bridgehead atoms. The number of ether oxygens (including phenoxy) is 1. The zero-order valence-corrected chi connectivity index (χ0v) is 17.7. The smallest absolute Gasteiger partial charge is 0.228 e. The Hall–Kier alpha value is -2.84. The number of carbonyl (C=O) groups excluding carboxylic acids is 1. The van der Waals surface area contributed by atoms with Gasteiger partial charge in [-0.1, -0.05) is 0 Å². The Morgan fingerprint density at radius 1 is 1.03 bits per heavy atom. The molecular formula is C23H27N5O3. The number of hydrogen-bond acceptors (Lipinski definition) is 7. The number of amides is 1. The molecule has 4 heterocycles. The Balaban J connectivity index is 1.24. The first-order chi connectivity index (χ1) is 15.2. The molecule has 0 spiro atoms. The van der Waals surface area contributed by atoms with E-state index in [2.05, 4.69) is 25.2 Å². The highest BCUT2D eigenvalue weighted by Crippen LogP contribution is 2.29. The SMILES string of the molecule is Cc1ncc(-c2cnc3cnc(NC(=O)C4CCC(N5CCOCC5)CC4)cc3c2)o1. The van der Waals surface area contributed by atoms with Crippen LogP contribution in [0.25, 0.3) is 22.2 Å². The number of aryl methyl sites for hydroxylation is 1. The van der Waals surface area contributed by atoms with Crippen LogP contribution in [0.4, 0.5) is 5.82 Å². The van der Waals surface area contributed by atoms with Gasteiger partial charge < -0.3 is 14.5 Å². The van der Waals surface area contributed by atoms with Crippen LogP contribution >= 0.6 is 0 Å². The van der Waals surface area contributed by atoms with Crippen molar-refractivity contribution in [2.24, 2.45) is 5.92 Å². The molecular weight excluding hydrogens is 394 g/mol. The summed E-state index contributed by atoms with van der Waals surface area (Å²) in [6, 6.07) is 4.43. The van der Waals surface area contributed by atoms with Crippen molar-refractivity contribution in [2.45, 2.75) is 38.6 Å². The number of rotatable bonds is 4. The maximum atomic E-state index is 12.9. The van der Waals surface area contributed by atoms with Crippen molar-refractivity contribution in [3.8, 4) is 11.3 Å². The first-order valence-corrected chi connectivity index (χ1v) is 11.0. The Morgan fingerprint density at radius 3 is 2.58 bits per heavy atom. The fraction of sp³-hybridized carbons (Fsp3) is 0.478. The van der Waals surface area contributed by atoms with Crippen LogP contribution in [0.1, 0.15) is 31.6 Å². The second kappa shape index (κ2) is 8.72. The second-order valence-corrected chi connectivity index (χ2v) is 8.37. The minimum atomic E-state index is 0.0383. The topological polar surface area (TPSA) is 93.4 Å². The molecule has 162 valence electrons. The number of morpholine rings is 1. The Morgan fingerprint density at radius 2 is 1.84 bits per heavy atom. The van der Waals surface area contributed by atoms with E-state index in [-0.39, 0.29) is 11.8 Å². The molecule has 1 saturated heterocycles. The molecule has 31 heavy (non-hydrogen) atoms. The number of carbonyl (C=O) groups is 1. The Bertz CT molecular complexity index is 1070. The van der Waals surface area contributed by atoms with Gasteiger partial charge in [0.25, 0.3) is 0 Å². The van der Waals surface area contributed by atoms with Crippen LogP contribution in [0.15, 0.2) is 35.1 Å². The van der Waals surface area contributed by atoms with E-state index in [1.165, 1.54) is 0 Å². The van der Waals surface area contributed by atoms with Crippen LogP contribution < -0.4 is 5.32 Å². The molecule has 3 aromatic heterocycles. The van der Waals surface area contributed by atoms with Gasteiger partial charge in [-0.25, -0.2) is 9.97 Å². The summed E-state index contributed by atoms with van der Waals surface area (Å²) in [5.41, 5.74) is 1.61. The molecule has 1 aliphatic heterocycles. The molecule has 1 amide bonds. The molecule has 0 atom stereocenters. The van der Waals surface area contributed by atoms with Crippen LogP contribution in [0.5, 0.6) is 0 Å². The molecule has 0 unspecified atom stereocenters. The lowest BCUT2D eigenvalue weighted by atomic mass is 9.84. The van der Waals surface area contributed by atoms with E-state index in [1.54, 1.807) is 18.6 Å². The molecule has 0 aromatic carbocycles. The fourth-order valence-corrected chi connectivity index (χ4v) is 4.60. The molecule has 0 radical (unpaired) electrons. The van der Waals surface area contributed by atoms with E-state index in [0.717, 1.165) is 68.5 Å². The monoisotopic (exact) mass is 421 g/mol. The lowest BCUT2D eigenvalue weighted by molar-refractivity contribution is -0.121. The van der Waals surface area contributed by atoms with E-state index in [4.69, 9.17) is 9.15 Å². The highest BCUT2D eigenvalue weighted by Gasteiger charge is 2.30. The number of fused-ring (bicyclic) bond motifs is 1. The molecule has 1 N–H and O–H groups in total. The van der Waals surface area contributed by atoms with Gasteiger partial charge in [-0.05, 0) is 37.8 Å². The molecule has 1 aliphatic carbocycles. The van der Waals surface area contributed by atoms with Gasteiger partial charge in [0.1, 0.15) is 5.82 Å². The first-order valence-electron chi connectivity index (χ1n) is 11.0. The standard InChI is InChI=1S/C23H27N5O3/c1-15-24-14-21(31-15)18-10-17-11-22(26-13-20(17)25-12-18)27-23(29)16-2-4-19(5-3-16)28-6-8-30-9-7-28/h10-14,16,19H,2-9H2,1H3,(H,26,27,29). The third kappa shape index (κ3) is 4.45. The van der Waals surface area contributed by atoms with E-state index in [0.29, 0.717) is 23.5 Å². The van der Waals surface area contributed by atoms with E-state index in [9.17, 15) is 4.79 Å². The summed E-state index contributed by atoms with van der Waals surface area (Å²) in [7, 11) is 0. The van der Waals surface area contributed by atoms with Gasteiger partial charge in [-0.3, -0.25) is 14.7 Å². The number of oxazole rings is 1. The Labute approximate surface area is 181 Å². The lowest BCUT2D eigenvalue weighted by Gasteiger charge is -2.38. The van der Waals surface area contributed by atoms with Crippen LogP contribution in [-0.4, -0.2) is 58.1 Å². The van der Waals surface area contributed by atoms with Gasteiger partial charge in [-0.2, -0.15) is 0 Å². The van der Waals surface area contributed by atoms with Crippen molar-refractivity contribution in [3.63, 3.8) is 0 Å². The molecule has 8 nitrogen and oxygen atoms in total. The summed E-state index contributed by atoms with van der Waals surface area (Å²) < 4.78 is 11.1. The van der Waals surface area contributed by atoms with E-state index < -0.39 is 0 Å². The molecule has 5 rings (SSSR count). The van der Waals surface area contributed by atoms with Gasteiger partial charge in [-0.15, -0.1) is 0 Å². The average Bonchev–Trinajstić information content (AvgIpc) is 3.25. The predicted octanol–water partition coefficient (Wildman–Crippen LogP) is 3.42. The highest BCUT2D eigenvalue weighted by atomic mass is 16.5. The summed E-state index contributed by atoms with van der Waals surface area (Å²) in [5, 5.41) is 3.91. The summed E-state index contributed by atoms with van der Waals surface area (Å²) in [6.07, 6.45) is 9.08. The van der Waals surface area contributed by atoms with Crippen molar-refractivity contribution in [1.29, 1.82) is 0 Å². The minimum Gasteiger partial charge on any atom is -0.441 e. The van der Waals surface area contributed by atoms with Gasteiger partial charge in [0.05, 0.1) is 31.1 Å². The van der Waals surface area contributed by atoms with Crippen LogP contribution in [0, 0.1) is 12.8 Å². The molecule has 2 fully saturated rings. The normalized spacial score (nSPS) is 22.5. The lowest BCUT2D eigenvalue weighted by Crippen LogP contribution is -2.45. The maximum absolute atomic E-state index is 12.9. The second-order valence-electron chi connectivity index (χ2n) is 8.37. The largest absolute Gasteiger partial charge is 0.441 e. The molecule has 8 heteroatoms. The average molecular weight is 422 g/mol. The van der Waals surface area contributed by atoms with Crippen molar-refractivity contribution >= 4 is 22.6 Å². The maximum Gasteiger partial charge on any atom is 0.228 e. The number of nitrogens with one attached hydrogen (secondary N) is 1. The van der Waals surface area contributed by atoms with Crippen molar-refractivity contribution < 1.29 is 13.9 Å². The van der Waals surface area contributed by atoms with Crippen molar-refractivity contribution in [3.05, 3.63) is 36.6 Å². The van der Waals surface area contributed by atoms with Crippen molar-refractivity contribution in [2.75, 3.05) is 31.6 Å². The third-order valence-corrected chi connectivity index (χ3v) is 6.35. The number of hydrogen-bond donors (Lipinski definition) is 1. The zero-order chi connectivity index (χ0) is 21.2. The number of anilines is 1. The third-order valence-electron chi connectivity index (χ3n) is 6.35. The van der Waals surface area contributed by atoms with Gasteiger partial charge in [0.15, 0.2) is 11.7 Å². The Kier molecular flexibility index (Phi) is 5.65. The summed E-state index contributed by atoms with van der Waals surface area (Å²) in [6.45, 7) is 5.46. The van der Waals surface area contributed by atoms with Crippen molar-refractivity contribution in [1.82, 2.24) is 19.9 Å². The molecule has 1 saturated carbocycles. The molecule has 3 aromatic rings. The van der Waals surface area contributed by atoms with Crippen LogP contribution in [0.2, 0.25) is 0 Å². The van der Waals surface area contributed by atoms with Crippen LogP contribution in [0.3, 0.4) is 0 Å². The van der Waals surface area contributed by atoms with Gasteiger partial charge >= 0.3 is 0 Å². The first kappa shape index (κ1) is 20.1. The highest BCUT2D eigenvalue weighted by molar-refractivity contribution is 5.94. The number of pyridine rings is 2. The van der Waals surface area contributed by atoms with E-state index >= 15 is 0 Å². The van der Waals surface area contributed by atoms with Gasteiger partial charge in [0.2, 0.25) is 5.91 Å². The number of aromatic nitrogens is 3. The summed E-state index contributed by atoms with van der Waals surface area (Å²) in [4.78, 5) is 28.4. The quantitative estimate of drug-likeness (QED) is 0.690. The van der Waals surface area contributed by atoms with E-state index in [1.807, 2.05) is 19.1 Å². The van der Waals surface area contributed by atoms with Gasteiger partial charge in [0, 0.05) is 49.1 Å². The minimum absolute atomic E-state index is 0.0383. The zero-order valence-electron chi connectivity index (χ0n) is 17.7. The predicted molar refractivity (Wildman–Crippen MR) is 117 cm³/mol. The summed E-state index contributed by atoms with van der Waals surface area (Å²) >= 11 is 0. The fourth-order valence-electron chi connectivity index (χ4n) is 4.60.